The van der Waals surface area contributed by atoms with Crippen molar-refractivity contribution < 1.29 is 17.9 Å². The number of amides is 1. The SMILES string of the molecule is O=CN1CCN(c2ccc(S(=O)(=O)N3CCOCC3)cn2)CC1. The van der Waals surface area contributed by atoms with Gasteiger partial charge in [-0.2, -0.15) is 4.31 Å². The molecule has 1 aromatic rings. The zero-order chi connectivity index (χ0) is 16.3. The molecule has 9 heteroatoms. The Hall–Kier alpha value is -1.71. The molecule has 2 aliphatic rings. The number of hydrogen-bond acceptors (Lipinski definition) is 6. The van der Waals surface area contributed by atoms with Gasteiger partial charge >= 0.3 is 0 Å². The van der Waals surface area contributed by atoms with Crippen LogP contribution < -0.4 is 4.90 Å². The molecule has 0 saturated carbocycles. The second-order valence-electron chi connectivity index (χ2n) is 5.50. The van der Waals surface area contributed by atoms with E-state index in [4.69, 9.17) is 4.74 Å². The van der Waals surface area contributed by atoms with Crippen molar-refractivity contribution in [3.8, 4) is 0 Å². The molecule has 3 rings (SSSR count). The quantitative estimate of drug-likeness (QED) is 0.680. The van der Waals surface area contributed by atoms with Crippen LogP contribution in [0.5, 0.6) is 0 Å². The maximum absolute atomic E-state index is 12.5. The van der Waals surface area contributed by atoms with Crippen LogP contribution in [0.4, 0.5) is 5.82 Å². The number of carbonyl (C=O) groups excluding carboxylic acids is 1. The topological polar surface area (TPSA) is 83.1 Å². The third-order valence-corrected chi connectivity index (χ3v) is 6.00. The van der Waals surface area contributed by atoms with Crippen molar-refractivity contribution >= 4 is 22.3 Å². The lowest BCUT2D eigenvalue weighted by molar-refractivity contribution is -0.118. The monoisotopic (exact) mass is 340 g/mol. The molecule has 2 aliphatic heterocycles. The van der Waals surface area contributed by atoms with Gasteiger partial charge in [-0.3, -0.25) is 4.79 Å². The summed E-state index contributed by atoms with van der Waals surface area (Å²) in [5, 5.41) is 0. The predicted octanol–water partition coefficient (Wildman–Crippen LogP) is -0.619. The second kappa shape index (κ2) is 6.81. The summed E-state index contributed by atoms with van der Waals surface area (Å²) < 4.78 is 31.7. The lowest BCUT2D eigenvalue weighted by atomic mass is 10.3. The van der Waals surface area contributed by atoms with Crippen LogP contribution in [0.1, 0.15) is 0 Å². The van der Waals surface area contributed by atoms with E-state index < -0.39 is 10.0 Å². The average Bonchev–Trinajstić information content (AvgIpc) is 2.63. The summed E-state index contributed by atoms with van der Waals surface area (Å²) in [7, 11) is -3.50. The smallest absolute Gasteiger partial charge is 0.244 e. The van der Waals surface area contributed by atoms with E-state index in [0.717, 1.165) is 12.2 Å². The minimum absolute atomic E-state index is 0.203. The van der Waals surface area contributed by atoms with Gasteiger partial charge in [0.1, 0.15) is 10.7 Å². The van der Waals surface area contributed by atoms with Crippen LogP contribution in [0.25, 0.3) is 0 Å². The molecule has 8 nitrogen and oxygen atoms in total. The lowest BCUT2D eigenvalue weighted by Crippen LogP contribution is -2.46. The number of aromatic nitrogens is 1. The van der Waals surface area contributed by atoms with E-state index in [0.29, 0.717) is 52.5 Å². The fourth-order valence-corrected chi connectivity index (χ4v) is 4.06. The van der Waals surface area contributed by atoms with Gasteiger partial charge in [-0.25, -0.2) is 13.4 Å². The minimum Gasteiger partial charge on any atom is -0.379 e. The summed E-state index contributed by atoms with van der Waals surface area (Å²) in [6, 6.07) is 3.32. The molecule has 0 atom stereocenters. The molecule has 126 valence electrons. The van der Waals surface area contributed by atoms with Crippen molar-refractivity contribution in [1.82, 2.24) is 14.2 Å². The van der Waals surface area contributed by atoms with E-state index in [1.54, 1.807) is 17.0 Å². The molecule has 1 amide bonds. The van der Waals surface area contributed by atoms with E-state index in [-0.39, 0.29) is 4.90 Å². The number of pyridine rings is 1. The van der Waals surface area contributed by atoms with Crippen LogP contribution in [0.2, 0.25) is 0 Å². The van der Waals surface area contributed by atoms with Gasteiger partial charge in [0.2, 0.25) is 16.4 Å². The van der Waals surface area contributed by atoms with Crippen LogP contribution in [0, 0.1) is 0 Å². The van der Waals surface area contributed by atoms with Crippen LogP contribution in [0.15, 0.2) is 23.2 Å². The molecule has 0 aliphatic carbocycles. The first-order chi connectivity index (χ1) is 11.1. The number of anilines is 1. The first-order valence-corrected chi connectivity index (χ1v) is 9.03. The molecule has 0 N–H and O–H groups in total. The van der Waals surface area contributed by atoms with Crippen molar-refractivity contribution in [2.45, 2.75) is 4.90 Å². The highest BCUT2D eigenvalue weighted by Crippen LogP contribution is 2.19. The van der Waals surface area contributed by atoms with Gasteiger partial charge in [-0.1, -0.05) is 0 Å². The fourth-order valence-electron chi connectivity index (χ4n) is 2.70. The molecular weight excluding hydrogens is 320 g/mol. The first kappa shape index (κ1) is 16.2. The maximum atomic E-state index is 12.5. The number of sulfonamides is 1. The number of nitrogens with zero attached hydrogens (tertiary/aromatic N) is 4. The largest absolute Gasteiger partial charge is 0.379 e. The molecule has 0 bridgehead atoms. The van der Waals surface area contributed by atoms with Crippen LogP contribution in [-0.2, 0) is 19.6 Å². The summed E-state index contributed by atoms with van der Waals surface area (Å²) in [6.07, 6.45) is 2.26. The third-order valence-electron chi connectivity index (χ3n) is 4.12. The Morgan fingerprint density at radius 1 is 1.04 bits per heavy atom. The number of carbonyl (C=O) groups is 1. The van der Waals surface area contributed by atoms with Gasteiger partial charge in [-0.05, 0) is 12.1 Å². The average molecular weight is 340 g/mol. The highest BCUT2D eigenvalue weighted by Gasteiger charge is 2.27. The third kappa shape index (κ3) is 3.46. The summed E-state index contributed by atoms with van der Waals surface area (Å²) in [4.78, 5) is 19.0. The molecular formula is C14H20N4O4S. The molecule has 3 heterocycles. The van der Waals surface area contributed by atoms with Gasteiger partial charge in [0.05, 0.1) is 13.2 Å². The molecule has 1 aromatic heterocycles. The number of ether oxygens (including phenoxy) is 1. The summed E-state index contributed by atoms with van der Waals surface area (Å²) >= 11 is 0. The van der Waals surface area contributed by atoms with Crippen LogP contribution >= 0.6 is 0 Å². The van der Waals surface area contributed by atoms with Gasteiger partial charge < -0.3 is 14.5 Å². The first-order valence-electron chi connectivity index (χ1n) is 7.59. The van der Waals surface area contributed by atoms with Crippen molar-refractivity contribution in [2.24, 2.45) is 0 Å². The minimum atomic E-state index is -3.50. The molecule has 2 saturated heterocycles. The zero-order valence-corrected chi connectivity index (χ0v) is 13.6. The number of rotatable bonds is 4. The zero-order valence-electron chi connectivity index (χ0n) is 12.8. The lowest BCUT2D eigenvalue weighted by Gasteiger charge is -2.33. The summed E-state index contributed by atoms with van der Waals surface area (Å²) in [5.41, 5.74) is 0. The standard InChI is InChI=1S/C14H20N4O4S/c19-12-16-3-5-17(6-4-16)14-2-1-13(11-15-14)23(20,21)18-7-9-22-10-8-18/h1-2,11-12H,3-10H2. The highest BCUT2D eigenvalue weighted by molar-refractivity contribution is 7.89. The Morgan fingerprint density at radius 2 is 1.74 bits per heavy atom. The molecule has 23 heavy (non-hydrogen) atoms. The van der Waals surface area contributed by atoms with Crippen molar-refractivity contribution in [2.75, 3.05) is 57.4 Å². The van der Waals surface area contributed by atoms with Crippen molar-refractivity contribution in [3.05, 3.63) is 18.3 Å². The number of morpholine rings is 1. The van der Waals surface area contributed by atoms with Crippen LogP contribution in [0.3, 0.4) is 0 Å². The summed E-state index contributed by atoms with van der Waals surface area (Å²) in [5.74, 6) is 0.733. The van der Waals surface area contributed by atoms with Gasteiger partial charge in [0.25, 0.3) is 0 Å². The molecule has 2 fully saturated rings. The van der Waals surface area contributed by atoms with Gasteiger partial charge in [0, 0.05) is 45.5 Å². The Bertz CT molecular complexity index is 635. The van der Waals surface area contributed by atoms with Crippen molar-refractivity contribution in [3.63, 3.8) is 0 Å². The van der Waals surface area contributed by atoms with E-state index >= 15 is 0 Å². The van der Waals surface area contributed by atoms with Crippen molar-refractivity contribution in [1.29, 1.82) is 0 Å². The Kier molecular flexibility index (Phi) is 4.79. The van der Waals surface area contributed by atoms with E-state index in [1.165, 1.54) is 10.5 Å². The molecule has 0 aromatic carbocycles. The Balaban J connectivity index is 1.70. The summed E-state index contributed by atoms with van der Waals surface area (Å²) in [6.45, 7) is 4.29. The Labute approximate surface area is 135 Å². The second-order valence-corrected chi connectivity index (χ2v) is 7.43. The van der Waals surface area contributed by atoms with Crippen LogP contribution in [-0.4, -0.2) is 81.5 Å². The Morgan fingerprint density at radius 3 is 2.30 bits per heavy atom. The highest BCUT2D eigenvalue weighted by atomic mass is 32.2. The van der Waals surface area contributed by atoms with E-state index in [1.807, 2.05) is 4.90 Å². The predicted molar refractivity (Wildman–Crippen MR) is 83.7 cm³/mol. The number of hydrogen-bond donors (Lipinski definition) is 0. The van der Waals surface area contributed by atoms with Gasteiger partial charge in [-0.15, -0.1) is 0 Å². The molecule has 0 spiro atoms. The van der Waals surface area contributed by atoms with Gasteiger partial charge in [0.15, 0.2) is 0 Å². The van der Waals surface area contributed by atoms with E-state index in [9.17, 15) is 13.2 Å². The number of piperazine rings is 1. The fraction of sp³-hybridized carbons (Fsp3) is 0.571. The normalized spacial score (nSPS) is 20.5. The van der Waals surface area contributed by atoms with E-state index in [2.05, 4.69) is 4.98 Å². The molecule has 0 radical (unpaired) electrons. The molecule has 0 unspecified atom stereocenters. The maximum Gasteiger partial charge on any atom is 0.244 e.